The maximum atomic E-state index is 12.1. The van der Waals surface area contributed by atoms with Gasteiger partial charge in [0.15, 0.2) is 6.61 Å². The van der Waals surface area contributed by atoms with Crippen LogP contribution < -0.4 is 10.1 Å². The monoisotopic (exact) mass is 415 g/mol. The molecule has 0 saturated heterocycles. The van der Waals surface area contributed by atoms with E-state index in [2.05, 4.69) is 14.8 Å². The molecule has 30 heavy (non-hydrogen) atoms. The van der Waals surface area contributed by atoms with Crippen molar-refractivity contribution in [3.8, 4) is 5.75 Å². The molecule has 0 heterocycles. The van der Waals surface area contributed by atoms with Gasteiger partial charge in [-0.2, -0.15) is 0 Å². The van der Waals surface area contributed by atoms with Crippen molar-refractivity contribution in [3.63, 3.8) is 0 Å². The Bertz CT molecular complexity index is 902. The van der Waals surface area contributed by atoms with E-state index in [4.69, 9.17) is 9.47 Å². The third-order valence-electron chi connectivity index (χ3n) is 3.93. The first-order valence-corrected chi connectivity index (χ1v) is 8.76. The molecule has 0 bridgehead atoms. The molecule has 0 aromatic heterocycles. The van der Waals surface area contributed by atoms with Crippen molar-refractivity contribution >= 4 is 29.5 Å². The molecular weight excluding hydrogens is 394 g/mol. The summed E-state index contributed by atoms with van der Waals surface area (Å²) >= 11 is 0. The Morgan fingerprint density at radius 2 is 1.40 bits per heavy atom. The van der Waals surface area contributed by atoms with Crippen molar-refractivity contribution in [2.45, 2.75) is 6.42 Å². The van der Waals surface area contributed by atoms with Crippen LogP contribution in [0.25, 0.3) is 0 Å². The van der Waals surface area contributed by atoms with Crippen LogP contribution in [0.4, 0.5) is 5.69 Å². The zero-order valence-corrected chi connectivity index (χ0v) is 16.7. The summed E-state index contributed by atoms with van der Waals surface area (Å²) in [4.78, 5) is 47.6. The number of amides is 1. The molecule has 2 rings (SSSR count). The summed E-state index contributed by atoms with van der Waals surface area (Å²) in [5.74, 6) is -1.96. The highest BCUT2D eigenvalue weighted by Crippen LogP contribution is 2.17. The molecule has 158 valence electrons. The average Bonchev–Trinajstić information content (AvgIpc) is 2.76. The summed E-state index contributed by atoms with van der Waals surface area (Å²) in [7, 11) is 3.91. The molecule has 0 aliphatic carbocycles. The van der Waals surface area contributed by atoms with E-state index in [1.54, 1.807) is 24.3 Å². The van der Waals surface area contributed by atoms with Crippen LogP contribution >= 0.6 is 0 Å². The number of esters is 3. The topological polar surface area (TPSA) is 117 Å². The van der Waals surface area contributed by atoms with E-state index in [0.717, 1.165) is 0 Å². The van der Waals surface area contributed by atoms with E-state index < -0.39 is 30.4 Å². The van der Waals surface area contributed by atoms with Crippen molar-refractivity contribution in [2.24, 2.45) is 0 Å². The van der Waals surface area contributed by atoms with Crippen LogP contribution in [0, 0.1) is 0 Å². The first kappa shape index (κ1) is 22.4. The van der Waals surface area contributed by atoms with E-state index in [1.807, 2.05) is 0 Å². The van der Waals surface area contributed by atoms with Gasteiger partial charge in [-0.3, -0.25) is 9.59 Å². The second kappa shape index (κ2) is 10.6. The van der Waals surface area contributed by atoms with Gasteiger partial charge in [0.05, 0.1) is 38.9 Å². The summed E-state index contributed by atoms with van der Waals surface area (Å²) in [5.41, 5.74) is 0.948. The lowest BCUT2D eigenvalue weighted by Gasteiger charge is -2.10. The number of hydrogen-bond donors (Lipinski definition) is 1. The molecule has 0 saturated carbocycles. The van der Waals surface area contributed by atoms with Gasteiger partial charge < -0.3 is 24.3 Å². The van der Waals surface area contributed by atoms with Crippen LogP contribution in [-0.4, -0.2) is 51.8 Å². The lowest BCUT2D eigenvalue weighted by molar-refractivity contribution is -0.146. The van der Waals surface area contributed by atoms with E-state index in [1.165, 1.54) is 39.5 Å². The summed E-state index contributed by atoms with van der Waals surface area (Å²) in [6, 6.07) is 10.8. The molecular formula is C21H21NO8. The summed E-state index contributed by atoms with van der Waals surface area (Å²) in [6.07, 6.45) is -0.0123. The summed E-state index contributed by atoms with van der Waals surface area (Å²) < 4.78 is 19.3. The molecule has 0 aliphatic heterocycles. The number of anilines is 1. The number of ether oxygens (including phenoxy) is 4. The first-order valence-electron chi connectivity index (χ1n) is 8.76. The van der Waals surface area contributed by atoms with Gasteiger partial charge in [0.1, 0.15) is 5.75 Å². The highest BCUT2D eigenvalue weighted by Gasteiger charge is 2.16. The number of methoxy groups -OCH3 is 3. The van der Waals surface area contributed by atoms with Crippen LogP contribution in [0.3, 0.4) is 0 Å². The second-order valence-electron chi connectivity index (χ2n) is 6.02. The van der Waals surface area contributed by atoms with Crippen LogP contribution in [0.2, 0.25) is 0 Å². The highest BCUT2D eigenvalue weighted by molar-refractivity contribution is 6.00. The maximum absolute atomic E-state index is 12.1. The number of carbonyl (C=O) groups is 4. The Hall–Kier alpha value is -3.88. The number of nitrogens with one attached hydrogen (secondary N) is 1. The molecule has 0 radical (unpaired) electrons. The van der Waals surface area contributed by atoms with Gasteiger partial charge in [-0.05, 0) is 35.9 Å². The second-order valence-corrected chi connectivity index (χ2v) is 6.02. The Morgan fingerprint density at radius 1 is 0.833 bits per heavy atom. The van der Waals surface area contributed by atoms with E-state index >= 15 is 0 Å². The van der Waals surface area contributed by atoms with Crippen molar-refractivity contribution in [1.29, 1.82) is 0 Å². The molecule has 0 spiro atoms. The number of carbonyl (C=O) groups excluding carboxylic acids is 4. The molecule has 1 amide bonds. The van der Waals surface area contributed by atoms with Crippen molar-refractivity contribution in [2.75, 3.05) is 33.3 Å². The molecule has 0 aliphatic rings. The molecule has 1 N–H and O–H groups in total. The first-order chi connectivity index (χ1) is 14.4. The third-order valence-corrected chi connectivity index (χ3v) is 3.93. The Morgan fingerprint density at radius 3 is 1.90 bits per heavy atom. The SMILES string of the molecule is COC(=O)c1cc(NC(=O)COC(=O)Cc2ccc(OC)cc2)cc(C(=O)OC)c1. The molecule has 0 fully saturated rings. The largest absolute Gasteiger partial charge is 0.497 e. The van der Waals surface area contributed by atoms with Gasteiger partial charge >= 0.3 is 17.9 Å². The molecule has 9 heteroatoms. The van der Waals surface area contributed by atoms with Gasteiger partial charge in [0.25, 0.3) is 5.91 Å². The highest BCUT2D eigenvalue weighted by atomic mass is 16.5. The summed E-state index contributed by atoms with van der Waals surface area (Å²) in [6.45, 7) is -0.537. The van der Waals surface area contributed by atoms with E-state index in [-0.39, 0.29) is 23.2 Å². The van der Waals surface area contributed by atoms with E-state index in [0.29, 0.717) is 11.3 Å². The minimum atomic E-state index is -0.692. The average molecular weight is 415 g/mol. The normalized spacial score (nSPS) is 9.97. The van der Waals surface area contributed by atoms with Crippen LogP contribution in [0.15, 0.2) is 42.5 Å². The standard InChI is InChI=1S/C21H21NO8/c1-27-17-6-4-13(5-7-17)8-19(24)30-12-18(23)22-16-10-14(20(25)28-2)9-15(11-16)21(26)29-3/h4-7,9-11H,8,12H2,1-3H3,(H,22,23). The van der Waals surface area contributed by atoms with Crippen LogP contribution in [-0.2, 0) is 30.2 Å². The predicted molar refractivity (Wildman–Crippen MR) is 105 cm³/mol. The molecule has 0 atom stereocenters. The molecule has 9 nitrogen and oxygen atoms in total. The molecule has 2 aromatic rings. The van der Waals surface area contributed by atoms with Crippen molar-refractivity contribution in [3.05, 3.63) is 59.2 Å². The predicted octanol–water partition coefficient (Wildman–Crippen LogP) is 1.99. The van der Waals surface area contributed by atoms with Gasteiger partial charge in [-0.25, -0.2) is 9.59 Å². The zero-order chi connectivity index (χ0) is 22.1. The van der Waals surface area contributed by atoms with E-state index in [9.17, 15) is 19.2 Å². The fourth-order valence-corrected chi connectivity index (χ4v) is 2.48. The number of benzene rings is 2. The van der Waals surface area contributed by atoms with Crippen molar-refractivity contribution in [1.82, 2.24) is 0 Å². The lowest BCUT2D eigenvalue weighted by atomic mass is 10.1. The van der Waals surface area contributed by atoms with Gasteiger partial charge in [-0.15, -0.1) is 0 Å². The fraction of sp³-hybridized carbons (Fsp3) is 0.238. The van der Waals surface area contributed by atoms with Crippen LogP contribution in [0.1, 0.15) is 26.3 Å². The van der Waals surface area contributed by atoms with Gasteiger partial charge in [0, 0.05) is 5.69 Å². The van der Waals surface area contributed by atoms with Gasteiger partial charge in [0.2, 0.25) is 0 Å². The minimum Gasteiger partial charge on any atom is -0.497 e. The number of rotatable bonds is 8. The molecule has 2 aromatic carbocycles. The lowest BCUT2D eigenvalue weighted by Crippen LogP contribution is -2.22. The quantitative estimate of drug-likeness (QED) is 0.514. The third kappa shape index (κ3) is 6.33. The molecule has 0 unspecified atom stereocenters. The minimum absolute atomic E-state index is 0.0123. The van der Waals surface area contributed by atoms with Crippen molar-refractivity contribution < 1.29 is 38.1 Å². The Labute approximate surface area is 172 Å². The zero-order valence-electron chi connectivity index (χ0n) is 16.7. The maximum Gasteiger partial charge on any atom is 0.337 e. The van der Waals surface area contributed by atoms with Gasteiger partial charge in [-0.1, -0.05) is 12.1 Å². The Balaban J connectivity index is 1.98. The smallest absolute Gasteiger partial charge is 0.337 e. The fourth-order valence-electron chi connectivity index (χ4n) is 2.48. The number of hydrogen-bond acceptors (Lipinski definition) is 8. The Kier molecular flexibility index (Phi) is 7.92. The summed E-state index contributed by atoms with van der Waals surface area (Å²) in [5, 5.41) is 2.47. The van der Waals surface area contributed by atoms with Crippen LogP contribution in [0.5, 0.6) is 5.75 Å².